The van der Waals surface area contributed by atoms with E-state index in [2.05, 4.69) is 22.8 Å². The van der Waals surface area contributed by atoms with Gasteiger partial charge in [0.1, 0.15) is 0 Å². The number of piperidine rings is 1. The lowest BCUT2D eigenvalue weighted by molar-refractivity contribution is -0.150. The Kier molecular flexibility index (Phi) is 7.11. The van der Waals surface area contributed by atoms with Gasteiger partial charge in [-0.05, 0) is 61.2 Å². The van der Waals surface area contributed by atoms with Crippen LogP contribution in [0.3, 0.4) is 0 Å². The number of nitrogens with zero attached hydrogens (tertiary/aromatic N) is 2. The minimum atomic E-state index is -0.279. The number of aryl methyl sites for hydroxylation is 1. The SMILES string of the molecule is CCOC(=O)C1CCCN(C(=O)/C=C/c2c(-c3ccc4c(ccn4C)c3)ccc(Cl)c2Cl)C1. The molecule has 1 aliphatic rings. The van der Waals surface area contributed by atoms with Crippen molar-refractivity contribution in [3.05, 3.63) is 64.3 Å². The molecule has 3 aromatic rings. The van der Waals surface area contributed by atoms with E-state index in [0.29, 0.717) is 35.3 Å². The molecule has 1 aliphatic heterocycles. The van der Waals surface area contributed by atoms with E-state index in [0.717, 1.165) is 34.9 Å². The van der Waals surface area contributed by atoms with Gasteiger partial charge in [0.05, 0.1) is 22.6 Å². The Bertz CT molecular complexity index is 1230. The van der Waals surface area contributed by atoms with Crippen molar-refractivity contribution < 1.29 is 14.3 Å². The van der Waals surface area contributed by atoms with Crippen LogP contribution in [0.5, 0.6) is 0 Å². The van der Waals surface area contributed by atoms with Crippen molar-refractivity contribution >= 4 is 52.1 Å². The maximum atomic E-state index is 12.9. The van der Waals surface area contributed by atoms with Crippen molar-refractivity contribution in [3.63, 3.8) is 0 Å². The number of hydrogen-bond acceptors (Lipinski definition) is 3. The Labute approximate surface area is 203 Å². The number of carbonyl (C=O) groups excluding carboxylic acids is 2. The molecule has 1 atom stereocenters. The number of likely N-dealkylation sites (tertiary alicyclic amines) is 1. The molecule has 33 heavy (non-hydrogen) atoms. The summed E-state index contributed by atoms with van der Waals surface area (Å²) in [6, 6.07) is 11.9. The van der Waals surface area contributed by atoms with Gasteiger partial charge in [0.15, 0.2) is 0 Å². The summed E-state index contributed by atoms with van der Waals surface area (Å²) in [5.74, 6) is -0.682. The zero-order valence-corrected chi connectivity index (χ0v) is 20.2. The fourth-order valence-electron chi connectivity index (χ4n) is 4.32. The summed E-state index contributed by atoms with van der Waals surface area (Å²) in [5.41, 5.74) is 3.70. The van der Waals surface area contributed by atoms with Gasteiger partial charge in [0.2, 0.25) is 5.91 Å². The number of fused-ring (bicyclic) bond motifs is 1. The molecule has 1 fully saturated rings. The summed E-state index contributed by atoms with van der Waals surface area (Å²) in [5, 5.41) is 1.94. The number of ether oxygens (including phenoxy) is 1. The minimum Gasteiger partial charge on any atom is -0.466 e. The summed E-state index contributed by atoms with van der Waals surface area (Å²) in [7, 11) is 2.01. The summed E-state index contributed by atoms with van der Waals surface area (Å²) in [6.45, 7) is 3.10. The van der Waals surface area contributed by atoms with Crippen LogP contribution >= 0.6 is 23.2 Å². The molecule has 0 N–H and O–H groups in total. The lowest BCUT2D eigenvalue weighted by Gasteiger charge is -2.30. The van der Waals surface area contributed by atoms with Crippen LogP contribution in [0.15, 0.2) is 48.7 Å². The topological polar surface area (TPSA) is 51.5 Å². The molecular formula is C26H26Cl2N2O3. The number of carbonyl (C=O) groups is 2. The zero-order chi connectivity index (χ0) is 23.5. The molecule has 1 saturated heterocycles. The molecule has 5 nitrogen and oxygen atoms in total. The van der Waals surface area contributed by atoms with E-state index in [-0.39, 0.29) is 17.8 Å². The summed E-state index contributed by atoms with van der Waals surface area (Å²) in [4.78, 5) is 26.7. The molecule has 2 aromatic carbocycles. The van der Waals surface area contributed by atoms with Gasteiger partial charge in [-0.15, -0.1) is 0 Å². The Morgan fingerprint density at radius 3 is 2.79 bits per heavy atom. The molecule has 7 heteroatoms. The lowest BCUT2D eigenvalue weighted by Crippen LogP contribution is -2.42. The fourth-order valence-corrected chi connectivity index (χ4v) is 4.71. The first-order valence-corrected chi connectivity index (χ1v) is 11.8. The van der Waals surface area contributed by atoms with Gasteiger partial charge in [0.25, 0.3) is 0 Å². The van der Waals surface area contributed by atoms with Gasteiger partial charge in [-0.2, -0.15) is 0 Å². The number of aromatic nitrogens is 1. The third-order valence-corrected chi connectivity index (χ3v) is 6.89. The van der Waals surface area contributed by atoms with Crippen LogP contribution in [0.2, 0.25) is 10.0 Å². The second-order valence-electron chi connectivity index (χ2n) is 8.23. The second-order valence-corrected chi connectivity index (χ2v) is 9.02. The standard InChI is InChI=1S/C26H26Cl2N2O3/c1-3-33-26(32)19-5-4-13-30(16-19)24(31)11-8-21-20(7-9-22(27)25(21)28)17-6-10-23-18(15-17)12-14-29(23)2/h6-12,14-15,19H,3-5,13,16H2,1-2H3/b11-8+. The summed E-state index contributed by atoms with van der Waals surface area (Å²) >= 11 is 12.9. The van der Waals surface area contributed by atoms with Gasteiger partial charge in [-0.25, -0.2) is 0 Å². The predicted octanol–water partition coefficient (Wildman–Crippen LogP) is 5.97. The molecule has 172 valence electrons. The Morgan fingerprint density at radius 1 is 1.18 bits per heavy atom. The van der Waals surface area contributed by atoms with E-state index in [1.165, 1.54) is 6.08 Å². The summed E-state index contributed by atoms with van der Waals surface area (Å²) < 4.78 is 7.20. The van der Waals surface area contributed by atoms with Crippen molar-refractivity contribution in [2.75, 3.05) is 19.7 Å². The lowest BCUT2D eigenvalue weighted by atomic mass is 9.97. The maximum Gasteiger partial charge on any atom is 0.310 e. The molecule has 0 spiro atoms. The molecule has 0 bridgehead atoms. The van der Waals surface area contributed by atoms with Crippen LogP contribution in [0.4, 0.5) is 0 Å². The average Bonchev–Trinajstić information content (AvgIpc) is 3.20. The molecule has 0 radical (unpaired) electrons. The third kappa shape index (κ3) is 4.94. The van der Waals surface area contributed by atoms with Gasteiger partial charge in [-0.3, -0.25) is 9.59 Å². The molecule has 1 aromatic heterocycles. The monoisotopic (exact) mass is 484 g/mol. The average molecular weight is 485 g/mol. The molecule has 2 heterocycles. The second kappa shape index (κ2) is 10.0. The first-order chi connectivity index (χ1) is 15.9. The van der Waals surface area contributed by atoms with E-state index < -0.39 is 0 Å². The highest BCUT2D eigenvalue weighted by Gasteiger charge is 2.28. The van der Waals surface area contributed by atoms with Crippen LogP contribution in [0.25, 0.3) is 28.1 Å². The van der Waals surface area contributed by atoms with E-state index in [1.54, 1.807) is 24.0 Å². The number of esters is 1. The van der Waals surface area contributed by atoms with Crippen molar-refractivity contribution in [2.45, 2.75) is 19.8 Å². The van der Waals surface area contributed by atoms with E-state index in [4.69, 9.17) is 27.9 Å². The number of benzene rings is 2. The number of amides is 1. The van der Waals surface area contributed by atoms with E-state index >= 15 is 0 Å². The smallest absolute Gasteiger partial charge is 0.310 e. The molecular weight excluding hydrogens is 459 g/mol. The summed E-state index contributed by atoms with van der Waals surface area (Å²) in [6.07, 6.45) is 6.75. The normalized spacial score (nSPS) is 16.5. The number of rotatable bonds is 5. The van der Waals surface area contributed by atoms with Crippen molar-refractivity contribution in [1.29, 1.82) is 0 Å². The van der Waals surface area contributed by atoms with Crippen LogP contribution in [-0.2, 0) is 21.4 Å². The Morgan fingerprint density at radius 2 is 2.00 bits per heavy atom. The highest BCUT2D eigenvalue weighted by atomic mass is 35.5. The third-order valence-electron chi connectivity index (χ3n) is 6.07. The molecule has 1 amide bonds. The first kappa shape index (κ1) is 23.4. The first-order valence-electron chi connectivity index (χ1n) is 11.1. The van der Waals surface area contributed by atoms with Gasteiger partial charge in [0, 0.05) is 48.9 Å². The molecule has 0 aliphatic carbocycles. The highest BCUT2D eigenvalue weighted by Crippen LogP contribution is 2.36. The molecule has 1 unspecified atom stereocenters. The predicted molar refractivity (Wildman–Crippen MR) is 133 cm³/mol. The van der Waals surface area contributed by atoms with Gasteiger partial charge in [-0.1, -0.05) is 35.3 Å². The quantitative estimate of drug-likeness (QED) is 0.331. The van der Waals surface area contributed by atoms with Crippen molar-refractivity contribution in [3.8, 4) is 11.1 Å². The highest BCUT2D eigenvalue weighted by molar-refractivity contribution is 6.43. The van der Waals surface area contributed by atoms with Crippen LogP contribution in [0, 0.1) is 5.92 Å². The zero-order valence-electron chi connectivity index (χ0n) is 18.7. The molecule has 4 rings (SSSR count). The van der Waals surface area contributed by atoms with Gasteiger partial charge >= 0.3 is 5.97 Å². The van der Waals surface area contributed by atoms with Crippen LogP contribution in [-0.4, -0.2) is 41.0 Å². The largest absolute Gasteiger partial charge is 0.466 e. The Balaban J connectivity index is 1.61. The number of halogens is 2. The van der Waals surface area contributed by atoms with Crippen molar-refractivity contribution in [2.24, 2.45) is 13.0 Å². The Hall–Kier alpha value is -2.76. The molecule has 0 saturated carbocycles. The van der Waals surface area contributed by atoms with E-state index in [1.807, 2.05) is 25.4 Å². The van der Waals surface area contributed by atoms with Crippen LogP contribution in [0.1, 0.15) is 25.3 Å². The van der Waals surface area contributed by atoms with Crippen LogP contribution < -0.4 is 0 Å². The van der Waals surface area contributed by atoms with Gasteiger partial charge < -0.3 is 14.2 Å². The minimum absolute atomic E-state index is 0.162. The maximum absolute atomic E-state index is 12.9. The van der Waals surface area contributed by atoms with Crippen molar-refractivity contribution in [1.82, 2.24) is 9.47 Å². The number of hydrogen-bond donors (Lipinski definition) is 0. The fraction of sp³-hybridized carbons (Fsp3) is 0.308. The van der Waals surface area contributed by atoms with E-state index in [9.17, 15) is 9.59 Å².